The van der Waals surface area contributed by atoms with Crippen LogP contribution in [-0.2, 0) is 13.0 Å². The Hall–Kier alpha value is -1.85. The van der Waals surface area contributed by atoms with Crippen molar-refractivity contribution in [2.45, 2.75) is 59.5 Å². The Morgan fingerprint density at radius 1 is 1.11 bits per heavy atom. The Labute approximate surface area is 168 Å². The monoisotopic (exact) mass is 406 g/mol. The van der Waals surface area contributed by atoms with Crippen molar-refractivity contribution in [2.75, 3.05) is 0 Å². The third-order valence-corrected chi connectivity index (χ3v) is 5.52. The molecule has 0 saturated carbocycles. The summed E-state index contributed by atoms with van der Waals surface area (Å²) in [7, 11) is 0. The molecule has 0 spiro atoms. The highest BCUT2D eigenvalue weighted by Gasteiger charge is 2.24. The lowest BCUT2D eigenvalue weighted by atomic mass is 10.1. The quantitative estimate of drug-likeness (QED) is 0.541. The van der Waals surface area contributed by atoms with Gasteiger partial charge in [0.2, 0.25) is 0 Å². The smallest absolute Gasteiger partial charge is 0.292 e. The lowest BCUT2D eigenvalue weighted by molar-refractivity contribution is 0.465. The summed E-state index contributed by atoms with van der Waals surface area (Å²) in [5.74, 6) is 0.901. The molecule has 0 atom stereocenters. The number of nitrogens with zero attached hydrogens (tertiary/aromatic N) is 4. The lowest BCUT2D eigenvalue weighted by Crippen LogP contribution is -2.26. The number of halogens is 2. The zero-order valence-electron chi connectivity index (χ0n) is 16.1. The number of fused-ring (bicyclic) bond motifs is 1. The van der Waals surface area contributed by atoms with Gasteiger partial charge in [-0.25, -0.2) is 9.67 Å². The van der Waals surface area contributed by atoms with Crippen LogP contribution in [0.5, 0.6) is 0 Å². The van der Waals surface area contributed by atoms with Crippen LogP contribution in [0, 0.1) is 0 Å². The average molecular weight is 407 g/mol. The summed E-state index contributed by atoms with van der Waals surface area (Å²) in [5.41, 5.74) is 2.45. The van der Waals surface area contributed by atoms with E-state index in [1.807, 2.05) is 13.0 Å². The first-order chi connectivity index (χ1) is 13.0. The maximum atomic E-state index is 13.2. The number of aryl methyl sites for hydroxylation is 2. The molecule has 0 unspecified atom stereocenters. The minimum atomic E-state index is -0.111. The molecule has 0 saturated heterocycles. The zero-order valence-corrected chi connectivity index (χ0v) is 17.6. The van der Waals surface area contributed by atoms with Crippen LogP contribution in [0.3, 0.4) is 0 Å². The number of aromatic nitrogens is 4. The summed E-state index contributed by atoms with van der Waals surface area (Å²) < 4.78 is 3.60. The van der Waals surface area contributed by atoms with E-state index in [1.54, 1.807) is 12.1 Å². The molecule has 0 aliphatic rings. The Kier molecular flexibility index (Phi) is 5.92. The predicted molar refractivity (Wildman–Crippen MR) is 112 cm³/mol. The molecule has 0 amide bonds. The van der Waals surface area contributed by atoms with E-state index in [0.29, 0.717) is 33.3 Å². The molecule has 0 fully saturated rings. The van der Waals surface area contributed by atoms with Crippen LogP contribution in [0.25, 0.3) is 22.3 Å². The van der Waals surface area contributed by atoms with Crippen molar-refractivity contribution in [1.82, 2.24) is 19.3 Å². The minimum absolute atomic E-state index is 0.111. The number of rotatable bonds is 6. The molecule has 2 aromatic heterocycles. The predicted octanol–water partition coefficient (Wildman–Crippen LogP) is 5.51. The molecule has 144 valence electrons. The topological polar surface area (TPSA) is 52.7 Å². The molecule has 27 heavy (non-hydrogen) atoms. The molecule has 0 N–H and O–H groups in total. The van der Waals surface area contributed by atoms with Crippen molar-refractivity contribution in [3.63, 3.8) is 0 Å². The molecule has 3 rings (SSSR count). The summed E-state index contributed by atoms with van der Waals surface area (Å²) in [5, 5.41) is 5.63. The Bertz CT molecular complexity index is 1030. The van der Waals surface area contributed by atoms with Crippen LogP contribution in [0.2, 0.25) is 10.0 Å². The third kappa shape index (κ3) is 3.39. The van der Waals surface area contributed by atoms with Gasteiger partial charge in [0.25, 0.3) is 5.56 Å². The SMILES string of the molecule is CCc1nc2c(-c3ccc(Cl)cc3Cl)nn(CC)c(=O)c2n1C(CC)CC. The highest BCUT2D eigenvalue weighted by atomic mass is 35.5. The van der Waals surface area contributed by atoms with Crippen LogP contribution in [0.1, 0.15) is 52.4 Å². The maximum absolute atomic E-state index is 13.2. The number of hydrogen-bond acceptors (Lipinski definition) is 3. The van der Waals surface area contributed by atoms with Gasteiger partial charge < -0.3 is 4.57 Å². The summed E-state index contributed by atoms with van der Waals surface area (Å²) in [6.45, 7) is 8.71. The van der Waals surface area contributed by atoms with Crippen LogP contribution in [0.4, 0.5) is 0 Å². The highest BCUT2D eigenvalue weighted by molar-refractivity contribution is 6.36. The van der Waals surface area contributed by atoms with Crippen molar-refractivity contribution in [3.8, 4) is 11.3 Å². The first kappa shape index (κ1) is 19.9. The fraction of sp³-hybridized carbons (Fsp3) is 0.450. The van der Waals surface area contributed by atoms with Crippen LogP contribution in [-0.4, -0.2) is 19.3 Å². The van der Waals surface area contributed by atoms with E-state index in [2.05, 4.69) is 30.4 Å². The Balaban J connectivity index is 2.46. The zero-order chi connectivity index (χ0) is 19.7. The van der Waals surface area contributed by atoms with Gasteiger partial charge in [-0.3, -0.25) is 4.79 Å². The van der Waals surface area contributed by atoms with Crippen molar-refractivity contribution >= 4 is 34.2 Å². The first-order valence-corrected chi connectivity index (χ1v) is 10.2. The molecule has 0 bridgehead atoms. The Morgan fingerprint density at radius 3 is 2.37 bits per heavy atom. The molecule has 2 heterocycles. The van der Waals surface area contributed by atoms with E-state index in [1.165, 1.54) is 4.68 Å². The first-order valence-electron chi connectivity index (χ1n) is 9.43. The van der Waals surface area contributed by atoms with Crippen molar-refractivity contribution < 1.29 is 0 Å². The minimum Gasteiger partial charge on any atom is -0.320 e. The van der Waals surface area contributed by atoms with Crippen LogP contribution >= 0.6 is 23.2 Å². The van der Waals surface area contributed by atoms with Crippen molar-refractivity contribution in [2.24, 2.45) is 0 Å². The Morgan fingerprint density at radius 2 is 1.81 bits per heavy atom. The average Bonchev–Trinajstić information content (AvgIpc) is 3.04. The van der Waals surface area contributed by atoms with E-state index >= 15 is 0 Å². The molecule has 5 nitrogen and oxygen atoms in total. The normalized spacial score (nSPS) is 11.7. The fourth-order valence-corrected chi connectivity index (χ4v) is 4.06. The molecule has 0 aliphatic heterocycles. The van der Waals surface area contributed by atoms with Gasteiger partial charge >= 0.3 is 0 Å². The van der Waals surface area contributed by atoms with Crippen LogP contribution in [0.15, 0.2) is 23.0 Å². The van der Waals surface area contributed by atoms with Gasteiger partial charge in [-0.2, -0.15) is 5.10 Å². The van der Waals surface area contributed by atoms with Crippen molar-refractivity contribution in [3.05, 3.63) is 44.4 Å². The number of benzene rings is 1. The molecule has 1 aromatic carbocycles. The maximum Gasteiger partial charge on any atom is 0.292 e. The van der Waals surface area contributed by atoms with E-state index in [-0.39, 0.29) is 11.6 Å². The second-order valence-electron chi connectivity index (χ2n) is 6.51. The second kappa shape index (κ2) is 8.03. The van der Waals surface area contributed by atoms with Gasteiger partial charge in [0.05, 0.1) is 5.02 Å². The fourth-order valence-electron chi connectivity index (χ4n) is 3.56. The molecule has 0 aliphatic carbocycles. The summed E-state index contributed by atoms with van der Waals surface area (Å²) >= 11 is 12.5. The second-order valence-corrected chi connectivity index (χ2v) is 7.36. The number of imidazole rings is 1. The standard InChI is InChI=1S/C20H24Cl2N4O/c1-5-13(6-2)26-16(7-3)23-18-17(14-10-9-12(21)11-15(14)22)24-25(8-4)20(27)19(18)26/h9-11,13H,5-8H2,1-4H3. The number of hydrogen-bond donors (Lipinski definition) is 0. The van der Waals surface area contributed by atoms with Gasteiger partial charge in [-0.05, 0) is 38.0 Å². The molecule has 3 aromatic rings. The van der Waals surface area contributed by atoms with E-state index in [9.17, 15) is 4.79 Å². The molecular weight excluding hydrogens is 383 g/mol. The lowest BCUT2D eigenvalue weighted by Gasteiger charge is -2.18. The molecule has 0 radical (unpaired) electrons. The van der Waals surface area contributed by atoms with Gasteiger partial charge in [-0.15, -0.1) is 0 Å². The largest absolute Gasteiger partial charge is 0.320 e. The summed E-state index contributed by atoms with van der Waals surface area (Å²) in [6.07, 6.45) is 2.60. The van der Waals surface area contributed by atoms with Gasteiger partial charge in [0, 0.05) is 29.6 Å². The molecular formula is C20H24Cl2N4O. The summed E-state index contributed by atoms with van der Waals surface area (Å²) in [4.78, 5) is 18.0. The third-order valence-electron chi connectivity index (χ3n) is 4.98. The van der Waals surface area contributed by atoms with Crippen LogP contribution < -0.4 is 5.56 Å². The molecule has 7 heteroatoms. The van der Waals surface area contributed by atoms with E-state index in [0.717, 1.165) is 30.7 Å². The van der Waals surface area contributed by atoms with Gasteiger partial charge in [0.1, 0.15) is 22.6 Å². The van der Waals surface area contributed by atoms with Gasteiger partial charge in [-0.1, -0.05) is 44.0 Å². The van der Waals surface area contributed by atoms with E-state index < -0.39 is 0 Å². The highest BCUT2D eigenvalue weighted by Crippen LogP contribution is 2.34. The summed E-state index contributed by atoms with van der Waals surface area (Å²) in [6, 6.07) is 5.51. The van der Waals surface area contributed by atoms with Crippen molar-refractivity contribution in [1.29, 1.82) is 0 Å². The van der Waals surface area contributed by atoms with Gasteiger partial charge in [0.15, 0.2) is 0 Å². The van der Waals surface area contributed by atoms with E-state index in [4.69, 9.17) is 28.2 Å².